The molecule has 0 bridgehead atoms. The van der Waals surface area contributed by atoms with Crippen LogP contribution in [0.3, 0.4) is 0 Å². The number of nitrogens with one attached hydrogen (secondary N) is 2. The number of anilines is 3. The summed E-state index contributed by atoms with van der Waals surface area (Å²) in [5.74, 6) is -0.617. The third kappa shape index (κ3) is 4.60. The minimum absolute atomic E-state index is 0.305. The van der Waals surface area contributed by atoms with Gasteiger partial charge < -0.3 is 15.5 Å². The molecule has 0 saturated carbocycles. The van der Waals surface area contributed by atoms with E-state index in [2.05, 4.69) is 20.5 Å². The molecule has 1 aliphatic heterocycles. The molecule has 2 heterocycles. The Bertz CT molecular complexity index is 997. The monoisotopic (exact) mass is 386 g/mol. The Morgan fingerprint density at radius 2 is 1.31 bits per heavy atom. The smallest absolute Gasteiger partial charge is 0.257 e. The number of carbonyl (C=O) groups is 2. The molecule has 1 aliphatic rings. The maximum atomic E-state index is 12.6. The topological polar surface area (TPSA) is 74.3 Å². The number of benzene rings is 2. The van der Waals surface area contributed by atoms with Crippen LogP contribution in [0.2, 0.25) is 0 Å². The van der Waals surface area contributed by atoms with Crippen LogP contribution in [0.15, 0.2) is 73.1 Å². The van der Waals surface area contributed by atoms with E-state index >= 15 is 0 Å². The highest BCUT2D eigenvalue weighted by atomic mass is 16.2. The minimum atomic E-state index is -0.312. The normalized spacial score (nSPS) is 13.2. The average molecular weight is 386 g/mol. The molecule has 6 heteroatoms. The van der Waals surface area contributed by atoms with Crippen LogP contribution < -0.4 is 15.5 Å². The third-order valence-corrected chi connectivity index (χ3v) is 4.89. The maximum Gasteiger partial charge on any atom is 0.257 e. The largest absolute Gasteiger partial charge is 0.372 e. The molecule has 1 saturated heterocycles. The summed E-state index contributed by atoms with van der Waals surface area (Å²) in [7, 11) is 0. The van der Waals surface area contributed by atoms with E-state index in [1.807, 2.05) is 42.5 Å². The van der Waals surface area contributed by atoms with E-state index in [-0.39, 0.29) is 11.8 Å². The van der Waals surface area contributed by atoms with Gasteiger partial charge in [0.25, 0.3) is 11.8 Å². The van der Waals surface area contributed by atoms with Gasteiger partial charge >= 0.3 is 0 Å². The van der Waals surface area contributed by atoms with Crippen molar-refractivity contribution in [3.05, 3.63) is 84.2 Å². The van der Waals surface area contributed by atoms with E-state index in [9.17, 15) is 9.59 Å². The number of nitrogens with zero attached hydrogens (tertiary/aromatic N) is 2. The van der Waals surface area contributed by atoms with Gasteiger partial charge in [0.15, 0.2) is 0 Å². The van der Waals surface area contributed by atoms with E-state index < -0.39 is 0 Å². The summed E-state index contributed by atoms with van der Waals surface area (Å²) in [6.07, 6.45) is 5.34. The highest BCUT2D eigenvalue weighted by Crippen LogP contribution is 2.22. The van der Waals surface area contributed by atoms with Crippen LogP contribution >= 0.6 is 0 Å². The van der Waals surface area contributed by atoms with Gasteiger partial charge in [-0.3, -0.25) is 14.6 Å². The predicted octanol–water partition coefficient (Wildman–Crippen LogP) is 4.19. The van der Waals surface area contributed by atoms with Crippen molar-refractivity contribution < 1.29 is 9.59 Å². The molecule has 1 aromatic heterocycles. The number of hydrogen-bond acceptors (Lipinski definition) is 4. The summed E-state index contributed by atoms with van der Waals surface area (Å²) in [6, 6.07) is 18.5. The first kappa shape index (κ1) is 18.7. The molecule has 146 valence electrons. The van der Waals surface area contributed by atoms with Gasteiger partial charge in [-0.05, 0) is 55.3 Å². The molecule has 29 heavy (non-hydrogen) atoms. The fourth-order valence-corrected chi connectivity index (χ4v) is 3.35. The second kappa shape index (κ2) is 8.56. The summed E-state index contributed by atoms with van der Waals surface area (Å²) < 4.78 is 0. The molecule has 6 nitrogen and oxygen atoms in total. The second-order valence-electron chi connectivity index (χ2n) is 6.98. The molecular formula is C23H22N4O2. The predicted molar refractivity (Wildman–Crippen MR) is 114 cm³/mol. The number of carbonyl (C=O) groups excluding carboxylic acids is 2. The molecule has 3 aromatic rings. The Morgan fingerprint density at radius 3 is 1.90 bits per heavy atom. The van der Waals surface area contributed by atoms with E-state index in [0.29, 0.717) is 22.5 Å². The molecular weight excluding hydrogens is 364 g/mol. The molecule has 0 atom stereocenters. The molecule has 1 fully saturated rings. The highest BCUT2D eigenvalue weighted by molar-refractivity contribution is 6.08. The van der Waals surface area contributed by atoms with Crippen LogP contribution in [-0.4, -0.2) is 29.9 Å². The first-order valence-electron chi connectivity index (χ1n) is 9.67. The molecule has 2 N–H and O–H groups in total. The van der Waals surface area contributed by atoms with E-state index in [1.165, 1.54) is 30.9 Å². The first-order chi connectivity index (χ1) is 14.2. The highest BCUT2D eigenvalue weighted by Gasteiger charge is 2.14. The van der Waals surface area contributed by atoms with Gasteiger partial charge in [0.05, 0.1) is 11.1 Å². The van der Waals surface area contributed by atoms with Gasteiger partial charge in [-0.25, -0.2) is 0 Å². The number of aromatic nitrogens is 1. The van der Waals surface area contributed by atoms with Crippen molar-refractivity contribution in [2.75, 3.05) is 28.6 Å². The zero-order chi connectivity index (χ0) is 20.1. The van der Waals surface area contributed by atoms with Gasteiger partial charge in [-0.15, -0.1) is 0 Å². The Balaban J connectivity index is 1.42. The quantitative estimate of drug-likeness (QED) is 0.690. The lowest BCUT2D eigenvalue weighted by atomic mass is 10.1. The summed E-state index contributed by atoms with van der Waals surface area (Å²) in [6.45, 7) is 2.16. The van der Waals surface area contributed by atoms with Crippen molar-refractivity contribution in [3.8, 4) is 0 Å². The molecule has 4 rings (SSSR count). The van der Waals surface area contributed by atoms with Crippen molar-refractivity contribution in [1.29, 1.82) is 0 Å². The number of para-hydroxylation sites is 1. The SMILES string of the molecule is O=C(Nc1ccccc1)c1cncc(C(=O)Nc2ccc(N3CCCC3)cc2)c1. The summed E-state index contributed by atoms with van der Waals surface area (Å²) in [5.41, 5.74) is 3.21. The van der Waals surface area contributed by atoms with Gasteiger partial charge in [0, 0.05) is 42.5 Å². The van der Waals surface area contributed by atoms with Crippen LogP contribution in [0.1, 0.15) is 33.6 Å². The van der Waals surface area contributed by atoms with Crippen LogP contribution in [-0.2, 0) is 0 Å². The number of amides is 2. The molecule has 2 amide bonds. The van der Waals surface area contributed by atoms with Gasteiger partial charge in [0.2, 0.25) is 0 Å². The molecule has 0 radical (unpaired) electrons. The van der Waals surface area contributed by atoms with E-state index in [1.54, 1.807) is 18.2 Å². The van der Waals surface area contributed by atoms with Crippen molar-refractivity contribution in [2.45, 2.75) is 12.8 Å². The summed E-state index contributed by atoms with van der Waals surface area (Å²) in [4.78, 5) is 31.4. The Kier molecular flexibility index (Phi) is 5.52. The van der Waals surface area contributed by atoms with Gasteiger partial charge in [-0.2, -0.15) is 0 Å². The lowest BCUT2D eigenvalue weighted by Gasteiger charge is -2.17. The molecule has 0 unspecified atom stereocenters. The average Bonchev–Trinajstić information content (AvgIpc) is 3.30. The third-order valence-electron chi connectivity index (χ3n) is 4.89. The van der Waals surface area contributed by atoms with Crippen molar-refractivity contribution >= 4 is 28.9 Å². The minimum Gasteiger partial charge on any atom is -0.372 e. The van der Waals surface area contributed by atoms with Gasteiger partial charge in [0.1, 0.15) is 0 Å². The Morgan fingerprint density at radius 1 is 0.759 bits per heavy atom. The first-order valence-corrected chi connectivity index (χ1v) is 9.67. The Labute approximate surface area is 169 Å². The van der Waals surface area contributed by atoms with Crippen LogP contribution in [0.5, 0.6) is 0 Å². The molecule has 2 aromatic carbocycles. The van der Waals surface area contributed by atoms with Crippen molar-refractivity contribution in [3.63, 3.8) is 0 Å². The maximum absolute atomic E-state index is 12.6. The van der Waals surface area contributed by atoms with Gasteiger partial charge in [-0.1, -0.05) is 18.2 Å². The fourth-order valence-electron chi connectivity index (χ4n) is 3.35. The fraction of sp³-hybridized carbons (Fsp3) is 0.174. The van der Waals surface area contributed by atoms with Crippen LogP contribution in [0, 0.1) is 0 Å². The Hall–Kier alpha value is -3.67. The summed E-state index contributed by atoms with van der Waals surface area (Å²) in [5, 5.41) is 5.65. The molecule has 0 aliphatic carbocycles. The summed E-state index contributed by atoms with van der Waals surface area (Å²) >= 11 is 0. The number of rotatable bonds is 5. The number of hydrogen-bond donors (Lipinski definition) is 2. The van der Waals surface area contributed by atoms with Crippen LogP contribution in [0.25, 0.3) is 0 Å². The van der Waals surface area contributed by atoms with Crippen LogP contribution in [0.4, 0.5) is 17.1 Å². The van der Waals surface area contributed by atoms with E-state index in [4.69, 9.17) is 0 Å². The second-order valence-corrected chi connectivity index (χ2v) is 6.98. The zero-order valence-corrected chi connectivity index (χ0v) is 16.0. The van der Waals surface area contributed by atoms with E-state index in [0.717, 1.165) is 13.1 Å². The van der Waals surface area contributed by atoms with Crippen molar-refractivity contribution in [2.24, 2.45) is 0 Å². The lowest BCUT2D eigenvalue weighted by molar-refractivity contribution is 0.102. The zero-order valence-electron chi connectivity index (χ0n) is 16.0. The van der Waals surface area contributed by atoms with Crippen molar-refractivity contribution in [1.82, 2.24) is 4.98 Å². The number of pyridine rings is 1. The molecule has 0 spiro atoms. The standard InChI is InChI=1S/C23H22N4O2/c28-22(25-19-6-2-1-3-7-19)17-14-18(16-24-15-17)23(29)26-20-8-10-21(11-9-20)27-12-4-5-13-27/h1-3,6-11,14-16H,4-5,12-13H2,(H,25,28)(H,26,29). The lowest BCUT2D eigenvalue weighted by Crippen LogP contribution is -2.18.